The number of phenolic OH excluding ortho intramolecular Hbond substituents is 1. The smallest absolute Gasteiger partial charge is 0.433 e. The van der Waals surface area contributed by atoms with E-state index in [1.165, 1.54) is 43.4 Å². The molecule has 2 aliphatic carbocycles. The van der Waals surface area contributed by atoms with Gasteiger partial charge in [-0.2, -0.15) is 36.4 Å². The molecule has 2 saturated heterocycles. The van der Waals surface area contributed by atoms with Crippen LogP contribution in [0.25, 0.3) is 0 Å². The van der Waals surface area contributed by atoms with E-state index in [1.807, 2.05) is 0 Å². The van der Waals surface area contributed by atoms with Crippen molar-refractivity contribution in [3.63, 3.8) is 0 Å². The number of nitrogens with zero attached hydrogens (tertiary/aromatic N) is 5. The number of allylic oxidation sites excluding steroid dienone is 2. The number of pyridine rings is 2. The number of alkyl halides is 6. The largest absolute Gasteiger partial charge is 0.508 e. The van der Waals surface area contributed by atoms with Crippen molar-refractivity contribution in [1.82, 2.24) is 20.0 Å². The van der Waals surface area contributed by atoms with Crippen LogP contribution in [-0.4, -0.2) is 55.8 Å². The molecule has 3 fully saturated rings. The number of fused-ring (bicyclic) bond motifs is 4. The highest BCUT2D eigenvalue weighted by Crippen LogP contribution is 2.64. The molecule has 59 heavy (non-hydrogen) atoms. The number of hydrogen-bond donors (Lipinski definition) is 2. The first kappa shape index (κ1) is 40.4. The number of imide groups is 2. The van der Waals surface area contributed by atoms with Gasteiger partial charge in [0, 0.05) is 24.2 Å². The van der Waals surface area contributed by atoms with Crippen molar-refractivity contribution in [2.24, 2.45) is 23.7 Å². The number of nitrogens with one attached hydrogen (secondary N) is 1. The summed E-state index contributed by atoms with van der Waals surface area (Å²) < 4.78 is 81.5. The van der Waals surface area contributed by atoms with E-state index in [9.17, 15) is 45.8 Å². The van der Waals surface area contributed by atoms with Crippen LogP contribution in [0.5, 0.6) is 5.75 Å². The van der Waals surface area contributed by atoms with Gasteiger partial charge in [0.2, 0.25) is 0 Å². The lowest BCUT2D eigenvalue weighted by atomic mass is 9.49. The molecule has 2 aromatic heterocycles. The number of amides is 4. The van der Waals surface area contributed by atoms with E-state index < -0.39 is 98.9 Å². The second kappa shape index (κ2) is 14.1. The van der Waals surface area contributed by atoms with Crippen molar-refractivity contribution >= 4 is 70.1 Å². The molecule has 11 nitrogen and oxygen atoms in total. The summed E-state index contributed by atoms with van der Waals surface area (Å²) in [5.74, 6) is -9.96. The number of rotatable bonds is 6. The summed E-state index contributed by atoms with van der Waals surface area (Å²) in [4.78, 5) is 66.1. The predicted molar refractivity (Wildman–Crippen MR) is 199 cm³/mol. The van der Waals surface area contributed by atoms with Gasteiger partial charge < -0.3 is 5.11 Å². The highest BCUT2D eigenvalue weighted by molar-refractivity contribution is 6.33. The third-order valence-electron chi connectivity index (χ3n) is 11.5. The zero-order valence-electron chi connectivity index (χ0n) is 30.0. The topological polar surface area (TPSA) is 136 Å². The monoisotopic (exact) mass is 878 g/mol. The van der Waals surface area contributed by atoms with E-state index in [0.29, 0.717) is 50.1 Å². The Morgan fingerprint density at radius 3 is 2.15 bits per heavy atom. The Hall–Kier alpha value is -5.39. The molecule has 4 aliphatic rings. The van der Waals surface area contributed by atoms with Crippen LogP contribution in [0.4, 0.5) is 38.0 Å². The Morgan fingerprint density at radius 1 is 0.847 bits per heavy atom. The molecule has 4 aromatic rings. The van der Waals surface area contributed by atoms with Gasteiger partial charge in [-0.1, -0.05) is 70.7 Å². The van der Waals surface area contributed by atoms with Crippen molar-refractivity contribution in [1.29, 1.82) is 0 Å². The lowest BCUT2D eigenvalue weighted by Crippen LogP contribution is -2.53. The minimum atomic E-state index is -4.88. The zero-order valence-corrected chi connectivity index (χ0v) is 32.3. The molecule has 6 unspecified atom stereocenters. The molecule has 2 aromatic carbocycles. The maximum Gasteiger partial charge on any atom is 0.433 e. The maximum absolute atomic E-state index is 15.2. The van der Waals surface area contributed by atoms with Gasteiger partial charge in [-0.3, -0.25) is 29.6 Å². The first-order valence-electron chi connectivity index (χ1n) is 17.7. The summed E-state index contributed by atoms with van der Waals surface area (Å²) in [7, 11) is 1.17. The quantitative estimate of drug-likeness (QED) is 0.112. The van der Waals surface area contributed by atoms with Crippen LogP contribution in [0.2, 0.25) is 15.1 Å². The molecular weight excluding hydrogens is 853 g/mol. The third kappa shape index (κ3) is 6.36. The normalized spacial score (nSPS) is 25.5. The Labute approximate surface area is 345 Å². The number of carbonyl (C=O) groups excluding carboxylic acids is 4. The first-order valence-corrected chi connectivity index (χ1v) is 18.9. The van der Waals surface area contributed by atoms with Crippen molar-refractivity contribution in [3.05, 3.63) is 122 Å². The van der Waals surface area contributed by atoms with Gasteiger partial charge in [0.05, 0.1) is 38.8 Å². The highest BCUT2D eigenvalue weighted by atomic mass is 35.5. The molecule has 0 radical (unpaired) electrons. The van der Waals surface area contributed by atoms with Crippen LogP contribution in [0.1, 0.15) is 41.1 Å². The molecule has 306 valence electrons. The van der Waals surface area contributed by atoms with Crippen LogP contribution in [0, 0.1) is 23.7 Å². The summed E-state index contributed by atoms with van der Waals surface area (Å²) in [6, 6.07) is 14.1. The van der Waals surface area contributed by atoms with Crippen LogP contribution >= 0.6 is 34.8 Å². The number of anilines is 2. The summed E-state index contributed by atoms with van der Waals surface area (Å²) in [5.41, 5.74) is -0.595. The number of aromatic hydroxyl groups is 1. The van der Waals surface area contributed by atoms with Gasteiger partial charge in [-0.05, 0) is 72.4 Å². The molecule has 2 N–H and O–H groups in total. The summed E-state index contributed by atoms with van der Waals surface area (Å²) >= 11 is 18.8. The summed E-state index contributed by atoms with van der Waals surface area (Å²) in [5, 5.41) is 11.9. The first-order chi connectivity index (χ1) is 27.7. The van der Waals surface area contributed by atoms with Crippen LogP contribution < -0.4 is 10.4 Å². The average molecular weight is 880 g/mol. The molecular formula is C39H27Cl3F6N6O5. The van der Waals surface area contributed by atoms with Gasteiger partial charge in [0.1, 0.15) is 11.4 Å². The highest BCUT2D eigenvalue weighted by Gasteiger charge is 2.70. The average Bonchev–Trinajstić information content (AvgIpc) is 3.56. The number of hydrazine groups is 2. The molecule has 0 bridgehead atoms. The van der Waals surface area contributed by atoms with Gasteiger partial charge in [-0.25, -0.2) is 9.97 Å². The van der Waals surface area contributed by atoms with E-state index in [2.05, 4.69) is 15.4 Å². The maximum atomic E-state index is 15.2. The number of halogens is 9. The third-order valence-corrected chi connectivity index (χ3v) is 12.3. The number of carbonyl (C=O) groups is 4. The van der Waals surface area contributed by atoms with Gasteiger partial charge in [-0.15, -0.1) is 0 Å². The van der Waals surface area contributed by atoms with Gasteiger partial charge in [0.25, 0.3) is 23.6 Å². The SMILES string of the molecule is CN(c1nc(C(F)(F)F)ccc1Cl)N1C(=O)C2CC=C3C(CC4C(=O)N(Nc5ncc(C(F)(F)F)cc5Cl)C(=O)C4(c4ccc(Cl)cc4)C3c3ccc(O)cc3)C2C1=O. The number of phenols is 1. The van der Waals surface area contributed by atoms with Crippen LogP contribution in [0.3, 0.4) is 0 Å². The Bertz CT molecular complexity index is 2470. The van der Waals surface area contributed by atoms with Crippen molar-refractivity contribution in [2.45, 2.75) is 36.5 Å². The van der Waals surface area contributed by atoms with Crippen molar-refractivity contribution < 1.29 is 50.6 Å². The molecule has 4 heterocycles. The lowest BCUT2D eigenvalue weighted by Gasteiger charge is -2.50. The van der Waals surface area contributed by atoms with Gasteiger partial charge in [0.15, 0.2) is 11.6 Å². The molecule has 6 atom stereocenters. The second-order valence-electron chi connectivity index (χ2n) is 14.5. The molecule has 4 amide bonds. The minimum absolute atomic E-state index is 0.0553. The van der Waals surface area contributed by atoms with Crippen LogP contribution in [0.15, 0.2) is 84.6 Å². The molecule has 1 saturated carbocycles. The molecule has 8 rings (SSSR count). The number of benzene rings is 2. The van der Waals surface area contributed by atoms with E-state index in [-0.39, 0.29) is 23.6 Å². The fourth-order valence-corrected chi connectivity index (χ4v) is 9.58. The van der Waals surface area contributed by atoms with Crippen LogP contribution in [-0.2, 0) is 36.9 Å². The molecule has 2 aliphatic heterocycles. The van der Waals surface area contributed by atoms with E-state index in [4.69, 9.17) is 34.8 Å². The summed E-state index contributed by atoms with van der Waals surface area (Å²) in [6.45, 7) is 0. The number of hydrogen-bond acceptors (Lipinski definition) is 9. The van der Waals surface area contributed by atoms with Gasteiger partial charge >= 0.3 is 12.4 Å². The summed E-state index contributed by atoms with van der Waals surface area (Å²) in [6.07, 6.45) is -7.77. The zero-order chi connectivity index (χ0) is 42.5. The van der Waals surface area contributed by atoms with E-state index in [0.717, 1.165) is 11.1 Å². The van der Waals surface area contributed by atoms with E-state index >= 15 is 4.79 Å². The Morgan fingerprint density at radius 2 is 1.53 bits per heavy atom. The predicted octanol–water partition coefficient (Wildman–Crippen LogP) is 8.22. The Balaban J connectivity index is 1.26. The molecule has 0 spiro atoms. The minimum Gasteiger partial charge on any atom is -0.508 e. The second-order valence-corrected chi connectivity index (χ2v) is 15.8. The standard InChI is InChI=1S/C39H27Cl3F6N6O5/c1-52(32-26(41)12-13-28(50-32)39(46,47)48)54-33(56)23-11-10-22-24(29(23)35(54)58)15-25-34(57)53(51-31-27(42)14-19(16-49-31)38(43,44)45)36(59)37(25,18-4-6-20(40)7-5-18)30(22)17-2-8-21(55)9-3-17/h2-10,12-14,16,23-25,29-30,55H,11,15H2,1H3,(H,49,51). The number of aromatic nitrogens is 2. The molecule has 20 heteroatoms. The fourth-order valence-electron chi connectivity index (χ4n) is 9.01. The Kier molecular flexibility index (Phi) is 9.67. The van der Waals surface area contributed by atoms with E-state index in [1.54, 1.807) is 18.2 Å². The van der Waals surface area contributed by atoms with Crippen molar-refractivity contribution in [2.75, 3.05) is 17.5 Å². The fraction of sp³-hybridized carbons (Fsp3) is 0.282. The van der Waals surface area contributed by atoms with Crippen molar-refractivity contribution in [3.8, 4) is 5.75 Å². The lowest BCUT2D eigenvalue weighted by molar-refractivity contribution is -0.142.